The van der Waals surface area contributed by atoms with Gasteiger partial charge in [0, 0.05) is 5.56 Å². The normalized spacial score (nSPS) is 11.8. The molecule has 1 N–H and O–H groups in total. The van der Waals surface area contributed by atoms with Gasteiger partial charge in [0.1, 0.15) is 12.4 Å². The summed E-state index contributed by atoms with van der Waals surface area (Å²) in [5.41, 5.74) is 3.96. The van der Waals surface area contributed by atoms with E-state index >= 15 is 0 Å². The summed E-state index contributed by atoms with van der Waals surface area (Å²) >= 11 is 0. The average molecular weight is 297 g/mol. The Labute approximate surface area is 132 Å². The molecule has 2 aromatic rings. The molecule has 0 saturated carbocycles. The molecule has 0 heterocycles. The molecule has 0 aliphatic rings. The summed E-state index contributed by atoms with van der Waals surface area (Å²) in [4.78, 5) is 12.3. The maximum atomic E-state index is 12.3. The van der Waals surface area contributed by atoms with Crippen LogP contribution in [0.15, 0.2) is 42.5 Å². The molecule has 116 valence electrons. The lowest BCUT2D eigenvalue weighted by Gasteiger charge is -2.17. The van der Waals surface area contributed by atoms with Gasteiger partial charge in [0.25, 0.3) is 5.91 Å². The van der Waals surface area contributed by atoms with Crippen molar-refractivity contribution in [3.63, 3.8) is 0 Å². The first-order valence-electron chi connectivity index (χ1n) is 7.54. The van der Waals surface area contributed by atoms with Crippen LogP contribution in [0.1, 0.15) is 34.0 Å². The van der Waals surface area contributed by atoms with Crippen molar-refractivity contribution in [3.05, 3.63) is 64.7 Å². The average Bonchev–Trinajstić information content (AvgIpc) is 2.46. The van der Waals surface area contributed by atoms with Crippen LogP contribution >= 0.6 is 0 Å². The van der Waals surface area contributed by atoms with Crippen LogP contribution in [0.25, 0.3) is 0 Å². The Balaban J connectivity index is 1.93. The molecule has 0 radical (unpaired) electrons. The third kappa shape index (κ3) is 4.10. The van der Waals surface area contributed by atoms with Gasteiger partial charge in [0.2, 0.25) is 0 Å². The highest BCUT2D eigenvalue weighted by Crippen LogP contribution is 2.16. The van der Waals surface area contributed by atoms with E-state index in [1.807, 2.05) is 70.2 Å². The maximum absolute atomic E-state index is 12.3. The summed E-state index contributed by atoms with van der Waals surface area (Å²) in [5.74, 6) is 0.800. The molecular weight excluding hydrogens is 274 g/mol. The first-order valence-corrected chi connectivity index (χ1v) is 7.54. The molecule has 0 aliphatic heterocycles. The predicted molar refractivity (Wildman–Crippen MR) is 89.5 cm³/mol. The van der Waals surface area contributed by atoms with Crippen LogP contribution in [0.2, 0.25) is 0 Å². The molecule has 1 amide bonds. The Morgan fingerprint density at radius 3 is 2.50 bits per heavy atom. The summed E-state index contributed by atoms with van der Waals surface area (Å²) in [7, 11) is 0. The number of ether oxygens (including phenoxy) is 1. The van der Waals surface area contributed by atoms with Crippen molar-refractivity contribution in [3.8, 4) is 5.75 Å². The van der Waals surface area contributed by atoms with Gasteiger partial charge >= 0.3 is 0 Å². The number of hydrogen-bond acceptors (Lipinski definition) is 2. The highest BCUT2D eigenvalue weighted by molar-refractivity contribution is 5.95. The Hall–Kier alpha value is -2.29. The van der Waals surface area contributed by atoms with Gasteiger partial charge < -0.3 is 10.1 Å². The lowest BCUT2D eigenvalue weighted by Crippen LogP contribution is -2.37. The highest BCUT2D eigenvalue weighted by atomic mass is 16.5. The number of carbonyl (C=O) groups is 1. The molecule has 1 unspecified atom stereocenters. The number of para-hydroxylation sites is 1. The van der Waals surface area contributed by atoms with Crippen molar-refractivity contribution in [2.24, 2.45) is 0 Å². The van der Waals surface area contributed by atoms with Crippen LogP contribution in [0.4, 0.5) is 0 Å². The zero-order valence-corrected chi connectivity index (χ0v) is 13.6. The molecule has 0 fully saturated rings. The zero-order valence-electron chi connectivity index (χ0n) is 13.6. The number of rotatable bonds is 5. The smallest absolute Gasteiger partial charge is 0.251 e. The number of aryl methyl sites for hydroxylation is 3. The summed E-state index contributed by atoms with van der Waals surface area (Å²) in [6, 6.07) is 13.7. The molecular formula is C19H23NO2. The first-order chi connectivity index (χ1) is 10.5. The highest BCUT2D eigenvalue weighted by Gasteiger charge is 2.12. The summed E-state index contributed by atoms with van der Waals surface area (Å²) in [6.07, 6.45) is 0. The second kappa shape index (κ2) is 7.12. The second-order valence-electron chi connectivity index (χ2n) is 5.77. The fourth-order valence-corrected chi connectivity index (χ4v) is 2.34. The van der Waals surface area contributed by atoms with Crippen LogP contribution in [0, 0.1) is 20.8 Å². The molecule has 0 aromatic heterocycles. The monoisotopic (exact) mass is 297 g/mol. The van der Waals surface area contributed by atoms with Crippen molar-refractivity contribution < 1.29 is 9.53 Å². The van der Waals surface area contributed by atoms with E-state index < -0.39 is 0 Å². The van der Waals surface area contributed by atoms with E-state index in [2.05, 4.69) is 5.32 Å². The molecule has 22 heavy (non-hydrogen) atoms. The summed E-state index contributed by atoms with van der Waals surface area (Å²) in [6.45, 7) is 8.37. The Kier molecular flexibility index (Phi) is 5.21. The lowest BCUT2D eigenvalue weighted by molar-refractivity contribution is 0.0926. The molecule has 0 bridgehead atoms. The van der Waals surface area contributed by atoms with Crippen LogP contribution < -0.4 is 10.1 Å². The first kappa shape index (κ1) is 16.1. The molecule has 0 saturated heterocycles. The fraction of sp³-hybridized carbons (Fsp3) is 0.316. The second-order valence-corrected chi connectivity index (χ2v) is 5.77. The van der Waals surface area contributed by atoms with Crippen LogP contribution in [-0.4, -0.2) is 18.6 Å². The van der Waals surface area contributed by atoms with E-state index in [4.69, 9.17) is 4.74 Å². The van der Waals surface area contributed by atoms with Crippen LogP contribution in [-0.2, 0) is 0 Å². The third-order valence-corrected chi connectivity index (χ3v) is 3.59. The largest absolute Gasteiger partial charge is 0.491 e. The van der Waals surface area contributed by atoms with Crippen molar-refractivity contribution >= 4 is 5.91 Å². The van der Waals surface area contributed by atoms with Crippen LogP contribution in [0.5, 0.6) is 5.75 Å². The maximum Gasteiger partial charge on any atom is 0.251 e. The van der Waals surface area contributed by atoms with Gasteiger partial charge in [-0.25, -0.2) is 0 Å². The van der Waals surface area contributed by atoms with E-state index in [0.29, 0.717) is 12.2 Å². The zero-order chi connectivity index (χ0) is 16.1. The minimum Gasteiger partial charge on any atom is -0.491 e. The predicted octanol–water partition coefficient (Wildman–Crippen LogP) is 3.81. The van der Waals surface area contributed by atoms with Gasteiger partial charge in [0.15, 0.2) is 0 Å². The van der Waals surface area contributed by atoms with Gasteiger partial charge in [0.05, 0.1) is 6.04 Å². The van der Waals surface area contributed by atoms with E-state index in [1.54, 1.807) is 0 Å². The quantitative estimate of drug-likeness (QED) is 0.911. The van der Waals surface area contributed by atoms with Crippen molar-refractivity contribution in [2.45, 2.75) is 33.7 Å². The molecule has 1 atom stereocenters. The topological polar surface area (TPSA) is 38.3 Å². The van der Waals surface area contributed by atoms with E-state index in [0.717, 1.165) is 22.4 Å². The fourth-order valence-electron chi connectivity index (χ4n) is 2.34. The van der Waals surface area contributed by atoms with E-state index in [9.17, 15) is 4.79 Å². The van der Waals surface area contributed by atoms with Gasteiger partial charge in [-0.2, -0.15) is 0 Å². The number of carbonyl (C=O) groups excluding carboxylic acids is 1. The minimum atomic E-state index is -0.0622. The van der Waals surface area contributed by atoms with Crippen molar-refractivity contribution in [2.75, 3.05) is 6.61 Å². The van der Waals surface area contributed by atoms with Crippen LogP contribution in [0.3, 0.4) is 0 Å². The molecule has 2 aromatic carbocycles. The van der Waals surface area contributed by atoms with Gasteiger partial charge in [-0.05, 0) is 51.0 Å². The summed E-state index contributed by atoms with van der Waals surface area (Å²) in [5, 5.41) is 2.98. The Bertz CT molecular complexity index is 664. The van der Waals surface area contributed by atoms with E-state index in [1.165, 1.54) is 0 Å². The van der Waals surface area contributed by atoms with E-state index in [-0.39, 0.29) is 11.9 Å². The van der Waals surface area contributed by atoms with Crippen molar-refractivity contribution in [1.29, 1.82) is 0 Å². The third-order valence-electron chi connectivity index (χ3n) is 3.59. The minimum absolute atomic E-state index is 0.0571. The van der Waals surface area contributed by atoms with Gasteiger partial charge in [-0.1, -0.05) is 35.9 Å². The standard InChI is InChI=1S/C19H23NO2/c1-13-9-10-17(15(3)11-13)19(21)20-16(4)12-22-18-8-6-5-7-14(18)2/h5-11,16H,12H2,1-4H3,(H,20,21). The molecule has 3 heteroatoms. The molecule has 2 rings (SSSR count). The number of nitrogens with one attached hydrogen (secondary N) is 1. The summed E-state index contributed by atoms with van der Waals surface area (Å²) < 4.78 is 5.77. The number of hydrogen-bond donors (Lipinski definition) is 1. The van der Waals surface area contributed by atoms with Crippen molar-refractivity contribution in [1.82, 2.24) is 5.32 Å². The Morgan fingerprint density at radius 1 is 1.09 bits per heavy atom. The SMILES string of the molecule is Cc1ccc(C(=O)NC(C)COc2ccccc2C)c(C)c1. The van der Waals surface area contributed by atoms with Gasteiger partial charge in [-0.3, -0.25) is 4.79 Å². The number of benzene rings is 2. The molecule has 0 aliphatic carbocycles. The number of amides is 1. The lowest BCUT2D eigenvalue weighted by atomic mass is 10.1. The molecule has 0 spiro atoms. The Morgan fingerprint density at radius 2 is 1.82 bits per heavy atom. The molecule has 3 nitrogen and oxygen atoms in total. The van der Waals surface area contributed by atoms with Gasteiger partial charge in [-0.15, -0.1) is 0 Å².